The molecule has 6 rings (SSSR count). The second-order valence-corrected chi connectivity index (χ2v) is 10.5. The summed E-state index contributed by atoms with van der Waals surface area (Å²) in [6.45, 7) is 6.17. The van der Waals surface area contributed by atoms with Crippen molar-refractivity contribution in [3.8, 4) is 0 Å². The van der Waals surface area contributed by atoms with Crippen LogP contribution in [0.1, 0.15) is 56.9 Å². The van der Waals surface area contributed by atoms with Crippen LogP contribution in [-0.2, 0) is 29.2 Å². The molecule has 1 aromatic heterocycles. The van der Waals surface area contributed by atoms with Crippen LogP contribution in [0.4, 0.5) is 5.69 Å². The molecule has 3 aliphatic heterocycles. The van der Waals surface area contributed by atoms with E-state index in [2.05, 4.69) is 51.7 Å². The third kappa shape index (κ3) is 4.67. The molecule has 2 fully saturated rings. The van der Waals surface area contributed by atoms with E-state index >= 15 is 0 Å². The lowest BCUT2D eigenvalue weighted by Crippen LogP contribution is -2.52. The van der Waals surface area contributed by atoms with Crippen LogP contribution in [0, 0.1) is 6.92 Å². The van der Waals surface area contributed by atoms with E-state index in [1.54, 1.807) is 4.90 Å². The number of hydrogen-bond acceptors (Lipinski definition) is 6. The highest BCUT2D eigenvalue weighted by Gasteiger charge is 2.40. The zero-order chi connectivity index (χ0) is 26.2. The molecule has 0 bridgehead atoms. The Balaban J connectivity index is 1.08. The summed E-state index contributed by atoms with van der Waals surface area (Å²) in [4.78, 5) is 45.5. The summed E-state index contributed by atoms with van der Waals surface area (Å²) in [6.07, 6.45) is 4.40. The lowest BCUT2D eigenvalue weighted by Gasteiger charge is -2.39. The molecule has 3 amide bonds. The maximum absolute atomic E-state index is 13.3. The van der Waals surface area contributed by atoms with Gasteiger partial charge in [-0.05, 0) is 53.3 Å². The summed E-state index contributed by atoms with van der Waals surface area (Å²) in [5, 5.41) is 5.81. The first kappa shape index (κ1) is 24.3. The van der Waals surface area contributed by atoms with Crippen molar-refractivity contribution in [1.29, 1.82) is 0 Å². The number of imide groups is 1. The zero-order valence-electron chi connectivity index (χ0n) is 21.4. The van der Waals surface area contributed by atoms with E-state index in [1.165, 1.54) is 16.7 Å². The molecule has 0 saturated carbocycles. The molecule has 0 spiro atoms. The molecule has 194 valence electrons. The van der Waals surface area contributed by atoms with E-state index in [0.29, 0.717) is 31.0 Å². The molecule has 8 heteroatoms. The minimum absolute atomic E-state index is 0.164. The van der Waals surface area contributed by atoms with Crippen molar-refractivity contribution in [1.82, 2.24) is 20.1 Å². The van der Waals surface area contributed by atoms with Crippen molar-refractivity contribution < 1.29 is 14.4 Å². The third-order valence-corrected chi connectivity index (χ3v) is 7.95. The molecule has 1 unspecified atom stereocenters. The number of carbonyl (C=O) groups is 3. The van der Waals surface area contributed by atoms with Gasteiger partial charge in [0.05, 0.1) is 5.56 Å². The number of nitrogens with zero attached hydrogens (tertiary/aromatic N) is 3. The van der Waals surface area contributed by atoms with Gasteiger partial charge in [-0.2, -0.15) is 0 Å². The number of anilines is 1. The van der Waals surface area contributed by atoms with Gasteiger partial charge in [-0.3, -0.25) is 29.6 Å². The highest BCUT2D eigenvalue weighted by atomic mass is 16.2. The van der Waals surface area contributed by atoms with Crippen molar-refractivity contribution in [3.05, 3.63) is 94.3 Å². The van der Waals surface area contributed by atoms with Crippen molar-refractivity contribution in [2.45, 2.75) is 51.4 Å². The number of carbonyl (C=O) groups excluding carboxylic acids is 3. The van der Waals surface area contributed by atoms with Gasteiger partial charge in [-0.15, -0.1) is 0 Å². The Hall–Kier alpha value is -4.04. The lowest BCUT2D eigenvalue weighted by molar-refractivity contribution is -0.136. The summed E-state index contributed by atoms with van der Waals surface area (Å²) in [6, 6.07) is 15.9. The van der Waals surface area contributed by atoms with Gasteiger partial charge < -0.3 is 10.2 Å². The van der Waals surface area contributed by atoms with Gasteiger partial charge in [0.15, 0.2) is 0 Å². The second kappa shape index (κ2) is 10.0. The summed E-state index contributed by atoms with van der Waals surface area (Å²) in [7, 11) is 0. The van der Waals surface area contributed by atoms with E-state index in [4.69, 9.17) is 0 Å². The summed E-state index contributed by atoms with van der Waals surface area (Å²) in [5.74, 6) is -0.270. The van der Waals surface area contributed by atoms with Crippen LogP contribution < -0.4 is 10.6 Å². The van der Waals surface area contributed by atoms with Gasteiger partial charge in [0.1, 0.15) is 6.04 Å². The average molecular weight is 510 g/mol. The van der Waals surface area contributed by atoms with Gasteiger partial charge in [-0.1, -0.05) is 36.4 Å². The Labute approximate surface area is 222 Å². The summed E-state index contributed by atoms with van der Waals surface area (Å²) < 4.78 is 0. The Morgan fingerprint density at radius 3 is 2.71 bits per heavy atom. The molecule has 1 atom stereocenters. The van der Waals surface area contributed by atoms with Gasteiger partial charge in [-0.25, -0.2) is 0 Å². The first-order valence-corrected chi connectivity index (χ1v) is 13.2. The Bertz CT molecular complexity index is 1400. The van der Waals surface area contributed by atoms with Crippen LogP contribution in [0.5, 0.6) is 0 Å². The third-order valence-electron chi connectivity index (χ3n) is 7.95. The van der Waals surface area contributed by atoms with E-state index in [0.717, 1.165) is 36.4 Å². The number of hydrogen-bond donors (Lipinski definition) is 2. The quantitative estimate of drug-likeness (QED) is 0.475. The van der Waals surface area contributed by atoms with Crippen molar-refractivity contribution >= 4 is 23.4 Å². The van der Waals surface area contributed by atoms with Gasteiger partial charge in [0.25, 0.3) is 5.91 Å². The Kier molecular flexibility index (Phi) is 6.41. The van der Waals surface area contributed by atoms with E-state index < -0.39 is 11.9 Å². The number of benzene rings is 2. The molecular weight excluding hydrogens is 478 g/mol. The number of aromatic nitrogens is 1. The van der Waals surface area contributed by atoms with Crippen LogP contribution in [0.15, 0.2) is 60.9 Å². The van der Waals surface area contributed by atoms with Crippen LogP contribution in [0.25, 0.3) is 0 Å². The van der Waals surface area contributed by atoms with Gasteiger partial charge >= 0.3 is 0 Å². The number of rotatable bonds is 7. The molecule has 0 aliphatic carbocycles. The average Bonchev–Trinajstić information content (AvgIpc) is 3.23. The maximum atomic E-state index is 13.3. The fourth-order valence-corrected chi connectivity index (χ4v) is 5.77. The minimum Gasteiger partial charge on any atom is -0.380 e. The minimum atomic E-state index is -0.610. The molecule has 8 nitrogen and oxygen atoms in total. The first-order chi connectivity index (χ1) is 18.5. The van der Waals surface area contributed by atoms with E-state index in [1.807, 2.05) is 36.7 Å². The SMILES string of the molecule is Cc1cc(CNc2cccc3c2C(=O)N(C2CCC(=O)NC2=O)C3)ccc1CN1CC(c2cccnc2)C1. The monoisotopic (exact) mass is 509 g/mol. The van der Waals surface area contributed by atoms with Gasteiger partial charge in [0.2, 0.25) is 11.8 Å². The van der Waals surface area contributed by atoms with E-state index in [9.17, 15) is 14.4 Å². The van der Waals surface area contributed by atoms with Crippen molar-refractivity contribution in [3.63, 3.8) is 0 Å². The molecule has 38 heavy (non-hydrogen) atoms. The maximum Gasteiger partial charge on any atom is 0.257 e. The standard InChI is InChI=1S/C30H31N5O3/c1-19-12-20(7-8-22(19)15-34-16-24(17-34)21-5-3-11-31-14-21)13-32-25-6-2-4-23-18-35(30(38)28(23)25)26-9-10-27(36)33-29(26)37/h2-8,11-12,14,24,26,32H,9-10,13,15-18H2,1H3,(H,33,36,37). The van der Waals surface area contributed by atoms with Crippen molar-refractivity contribution in [2.24, 2.45) is 0 Å². The topological polar surface area (TPSA) is 94.6 Å². The van der Waals surface area contributed by atoms with E-state index in [-0.39, 0.29) is 18.2 Å². The molecule has 2 aromatic carbocycles. The first-order valence-electron chi connectivity index (χ1n) is 13.2. The molecule has 0 radical (unpaired) electrons. The number of piperidine rings is 1. The Morgan fingerprint density at radius 1 is 1.08 bits per heavy atom. The Morgan fingerprint density at radius 2 is 1.95 bits per heavy atom. The molecular formula is C30H31N5O3. The fourth-order valence-electron chi connectivity index (χ4n) is 5.77. The predicted octanol–water partition coefficient (Wildman–Crippen LogP) is 3.36. The van der Waals surface area contributed by atoms with Crippen LogP contribution in [0.2, 0.25) is 0 Å². The second-order valence-electron chi connectivity index (χ2n) is 10.5. The number of likely N-dealkylation sites (tertiary alicyclic amines) is 1. The summed E-state index contributed by atoms with van der Waals surface area (Å²) in [5.41, 5.74) is 7.33. The molecule has 3 aromatic rings. The highest BCUT2D eigenvalue weighted by molar-refractivity contribution is 6.07. The normalized spacial score (nSPS) is 19.8. The number of amides is 3. The molecule has 3 aliphatic rings. The predicted molar refractivity (Wildman–Crippen MR) is 143 cm³/mol. The van der Waals surface area contributed by atoms with Gasteiger partial charge in [0, 0.05) is 63.1 Å². The van der Waals surface area contributed by atoms with Crippen LogP contribution >= 0.6 is 0 Å². The molecule has 4 heterocycles. The number of nitrogens with one attached hydrogen (secondary N) is 2. The zero-order valence-corrected chi connectivity index (χ0v) is 21.4. The van der Waals surface area contributed by atoms with Crippen molar-refractivity contribution in [2.75, 3.05) is 18.4 Å². The van der Waals surface area contributed by atoms with Crippen LogP contribution in [0.3, 0.4) is 0 Å². The molecule has 2 N–H and O–H groups in total. The number of pyridine rings is 1. The number of aryl methyl sites for hydroxylation is 1. The highest BCUT2D eigenvalue weighted by Crippen LogP contribution is 2.33. The largest absolute Gasteiger partial charge is 0.380 e. The van der Waals surface area contributed by atoms with Crippen LogP contribution in [-0.4, -0.2) is 51.6 Å². The molecule has 2 saturated heterocycles. The number of fused-ring (bicyclic) bond motifs is 1. The summed E-state index contributed by atoms with van der Waals surface area (Å²) >= 11 is 0. The smallest absolute Gasteiger partial charge is 0.257 e. The lowest BCUT2D eigenvalue weighted by atomic mass is 9.92. The fraction of sp³-hybridized carbons (Fsp3) is 0.333.